The van der Waals surface area contributed by atoms with Gasteiger partial charge in [-0.05, 0) is 36.7 Å². The number of hydrogen-bond acceptors (Lipinski definition) is 4. The Labute approximate surface area is 142 Å². The van der Waals surface area contributed by atoms with E-state index in [2.05, 4.69) is 23.4 Å². The molecule has 1 aliphatic rings. The van der Waals surface area contributed by atoms with Crippen LogP contribution in [0.4, 0.5) is 0 Å². The van der Waals surface area contributed by atoms with E-state index in [1.54, 1.807) is 0 Å². The third-order valence-electron chi connectivity index (χ3n) is 3.80. The number of hydrogen-bond donors (Lipinski definition) is 1. The van der Waals surface area contributed by atoms with Crippen molar-refractivity contribution >= 4 is 0 Å². The Morgan fingerprint density at radius 3 is 2.79 bits per heavy atom. The lowest BCUT2D eigenvalue weighted by molar-refractivity contribution is 0.171. The van der Waals surface area contributed by atoms with E-state index in [0.717, 1.165) is 42.3 Å². The van der Waals surface area contributed by atoms with Crippen molar-refractivity contribution in [3.63, 3.8) is 0 Å². The zero-order chi connectivity index (χ0) is 16.6. The standard InChI is InChI=1S/C20H21NO3/c1-2-11-22-18-6-4-3-5-17(18)15-21-10-9-16-7-8-19-20(14-16)24-13-12-23-19/h1,3-8,14,21H,9-13,15H2. The van der Waals surface area contributed by atoms with Crippen molar-refractivity contribution < 1.29 is 14.2 Å². The molecule has 0 aromatic heterocycles. The van der Waals surface area contributed by atoms with Gasteiger partial charge in [-0.2, -0.15) is 0 Å². The monoisotopic (exact) mass is 323 g/mol. The fourth-order valence-electron chi connectivity index (χ4n) is 2.61. The molecule has 0 atom stereocenters. The van der Waals surface area contributed by atoms with E-state index in [-0.39, 0.29) is 6.61 Å². The van der Waals surface area contributed by atoms with E-state index in [1.807, 2.05) is 30.3 Å². The molecule has 1 N–H and O–H groups in total. The number of benzene rings is 2. The van der Waals surface area contributed by atoms with Crippen molar-refractivity contribution in [2.75, 3.05) is 26.4 Å². The predicted molar refractivity (Wildman–Crippen MR) is 93.6 cm³/mol. The second kappa shape index (κ2) is 8.28. The number of para-hydroxylation sites is 1. The maximum Gasteiger partial charge on any atom is 0.161 e. The predicted octanol–water partition coefficient (Wildman–Crippen LogP) is 2.80. The highest BCUT2D eigenvalue weighted by Gasteiger charge is 2.11. The van der Waals surface area contributed by atoms with Gasteiger partial charge in [-0.25, -0.2) is 0 Å². The average Bonchev–Trinajstić information content (AvgIpc) is 2.64. The summed E-state index contributed by atoms with van der Waals surface area (Å²) in [6.45, 7) is 3.13. The minimum Gasteiger partial charge on any atom is -0.486 e. The molecule has 2 aromatic rings. The molecule has 0 bridgehead atoms. The fourth-order valence-corrected chi connectivity index (χ4v) is 2.61. The molecule has 2 aromatic carbocycles. The Hall–Kier alpha value is -2.64. The molecule has 3 rings (SSSR count). The number of nitrogens with one attached hydrogen (secondary N) is 1. The zero-order valence-electron chi connectivity index (χ0n) is 13.6. The normalized spacial score (nSPS) is 12.5. The number of ether oxygens (including phenoxy) is 3. The van der Waals surface area contributed by atoms with Gasteiger partial charge in [0, 0.05) is 12.1 Å². The Bertz CT molecular complexity index is 721. The van der Waals surface area contributed by atoms with Crippen molar-refractivity contribution in [2.45, 2.75) is 13.0 Å². The first-order chi connectivity index (χ1) is 11.9. The van der Waals surface area contributed by atoms with Gasteiger partial charge in [0.05, 0.1) is 0 Å². The molecule has 0 aliphatic carbocycles. The smallest absolute Gasteiger partial charge is 0.161 e. The minimum absolute atomic E-state index is 0.286. The first-order valence-electron chi connectivity index (χ1n) is 8.10. The summed E-state index contributed by atoms with van der Waals surface area (Å²) in [7, 11) is 0. The molecule has 1 aliphatic heterocycles. The molecule has 24 heavy (non-hydrogen) atoms. The highest BCUT2D eigenvalue weighted by Crippen LogP contribution is 2.30. The van der Waals surface area contributed by atoms with Crippen LogP contribution in [0.25, 0.3) is 0 Å². The van der Waals surface area contributed by atoms with E-state index in [0.29, 0.717) is 13.2 Å². The van der Waals surface area contributed by atoms with Crippen molar-refractivity contribution in [1.29, 1.82) is 0 Å². The number of rotatable bonds is 7. The summed E-state index contributed by atoms with van der Waals surface area (Å²) in [6.07, 6.45) is 6.17. The number of terminal acetylenes is 1. The Morgan fingerprint density at radius 2 is 1.92 bits per heavy atom. The Morgan fingerprint density at radius 1 is 1.08 bits per heavy atom. The highest BCUT2D eigenvalue weighted by atomic mass is 16.6. The summed E-state index contributed by atoms with van der Waals surface area (Å²) in [4.78, 5) is 0. The van der Waals surface area contributed by atoms with Crippen LogP contribution < -0.4 is 19.5 Å². The summed E-state index contributed by atoms with van der Waals surface area (Å²) in [5, 5.41) is 3.44. The van der Waals surface area contributed by atoms with Crippen molar-refractivity contribution in [2.24, 2.45) is 0 Å². The average molecular weight is 323 g/mol. The maximum absolute atomic E-state index is 5.61. The molecule has 4 nitrogen and oxygen atoms in total. The number of fused-ring (bicyclic) bond motifs is 1. The van der Waals surface area contributed by atoms with Gasteiger partial charge in [0.25, 0.3) is 0 Å². The maximum atomic E-state index is 5.61. The quantitative estimate of drug-likeness (QED) is 0.628. The van der Waals surface area contributed by atoms with Gasteiger partial charge >= 0.3 is 0 Å². The van der Waals surface area contributed by atoms with Crippen LogP contribution in [0.15, 0.2) is 42.5 Å². The van der Waals surface area contributed by atoms with E-state index < -0.39 is 0 Å². The van der Waals surface area contributed by atoms with Crippen LogP contribution in [0.3, 0.4) is 0 Å². The van der Waals surface area contributed by atoms with Crippen LogP contribution >= 0.6 is 0 Å². The summed E-state index contributed by atoms with van der Waals surface area (Å²) in [5.74, 6) is 5.00. The molecular formula is C20H21NO3. The first kappa shape index (κ1) is 16.2. The molecular weight excluding hydrogens is 302 g/mol. The van der Waals surface area contributed by atoms with Gasteiger partial charge in [0.2, 0.25) is 0 Å². The van der Waals surface area contributed by atoms with E-state index in [9.17, 15) is 0 Å². The van der Waals surface area contributed by atoms with Gasteiger partial charge in [0.15, 0.2) is 11.5 Å². The summed E-state index contributed by atoms with van der Waals surface area (Å²) < 4.78 is 16.7. The molecule has 0 fully saturated rings. The minimum atomic E-state index is 0.286. The molecule has 4 heteroatoms. The van der Waals surface area contributed by atoms with Gasteiger partial charge < -0.3 is 19.5 Å². The lowest BCUT2D eigenvalue weighted by atomic mass is 10.1. The van der Waals surface area contributed by atoms with Crippen LogP contribution in [-0.2, 0) is 13.0 Å². The summed E-state index contributed by atoms with van der Waals surface area (Å²) in [5.41, 5.74) is 2.33. The Kier molecular flexibility index (Phi) is 5.60. The Balaban J connectivity index is 1.50. The molecule has 0 saturated heterocycles. The van der Waals surface area contributed by atoms with Gasteiger partial charge in [-0.15, -0.1) is 6.42 Å². The second-order valence-electron chi connectivity index (χ2n) is 5.51. The van der Waals surface area contributed by atoms with Crippen LogP contribution in [-0.4, -0.2) is 26.4 Å². The molecule has 0 spiro atoms. The van der Waals surface area contributed by atoms with Crippen molar-refractivity contribution in [1.82, 2.24) is 5.32 Å². The van der Waals surface area contributed by atoms with Gasteiger partial charge in [-0.1, -0.05) is 30.2 Å². The second-order valence-corrected chi connectivity index (χ2v) is 5.51. The largest absolute Gasteiger partial charge is 0.486 e. The van der Waals surface area contributed by atoms with Crippen LogP contribution in [0.1, 0.15) is 11.1 Å². The van der Waals surface area contributed by atoms with E-state index >= 15 is 0 Å². The SMILES string of the molecule is C#CCOc1ccccc1CNCCc1ccc2c(c1)OCCO2. The first-order valence-corrected chi connectivity index (χ1v) is 8.10. The molecule has 124 valence electrons. The summed E-state index contributed by atoms with van der Waals surface area (Å²) in [6, 6.07) is 14.1. The van der Waals surface area contributed by atoms with Gasteiger partial charge in [-0.3, -0.25) is 0 Å². The zero-order valence-corrected chi connectivity index (χ0v) is 13.6. The van der Waals surface area contributed by atoms with E-state index in [4.69, 9.17) is 20.6 Å². The van der Waals surface area contributed by atoms with Gasteiger partial charge in [0.1, 0.15) is 25.6 Å². The molecule has 0 unspecified atom stereocenters. The molecule has 0 amide bonds. The topological polar surface area (TPSA) is 39.7 Å². The third kappa shape index (κ3) is 4.21. The highest BCUT2D eigenvalue weighted by molar-refractivity contribution is 5.43. The fraction of sp³-hybridized carbons (Fsp3) is 0.300. The van der Waals surface area contributed by atoms with Crippen molar-refractivity contribution in [3.05, 3.63) is 53.6 Å². The molecule has 1 heterocycles. The van der Waals surface area contributed by atoms with Crippen LogP contribution in [0.5, 0.6) is 17.2 Å². The lowest BCUT2D eigenvalue weighted by Gasteiger charge is -2.19. The van der Waals surface area contributed by atoms with Crippen molar-refractivity contribution in [3.8, 4) is 29.6 Å². The third-order valence-corrected chi connectivity index (χ3v) is 3.80. The molecule has 0 radical (unpaired) electrons. The van der Waals surface area contributed by atoms with Crippen LogP contribution in [0, 0.1) is 12.3 Å². The van der Waals surface area contributed by atoms with Crippen LogP contribution in [0.2, 0.25) is 0 Å². The lowest BCUT2D eigenvalue weighted by Crippen LogP contribution is -2.18. The molecule has 0 saturated carbocycles. The summed E-state index contributed by atoms with van der Waals surface area (Å²) >= 11 is 0. The van der Waals surface area contributed by atoms with E-state index in [1.165, 1.54) is 5.56 Å².